The Hall–Kier alpha value is -0.830. The molecule has 2 atom stereocenters. The third-order valence-electron chi connectivity index (χ3n) is 2.49. The van der Waals surface area contributed by atoms with Crippen molar-refractivity contribution in [2.24, 2.45) is 0 Å². The van der Waals surface area contributed by atoms with Gasteiger partial charge in [-0.1, -0.05) is 0 Å². The Morgan fingerprint density at radius 3 is 2.92 bits per heavy atom. The van der Waals surface area contributed by atoms with Gasteiger partial charge in [0.15, 0.2) is 0 Å². The average Bonchev–Trinajstić information content (AvgIpc) is 2.58. The lowest BCUT2D eigenvalue weighted by molar-refractivity contribution is 0.177. The van der Waals surface area contributed by atoms with Gasteiger partial charge in [0.1, 0.15) is 0 Å². The van der Waals surface area contributed by atoms with Crippen LogP contribution in [-0.4, -0.2) is 21.0 Å². The molecule has 0 saturated heterocycles. The predicted octanol–water partition coefficient (Wildman–Crippen LogP) is 1.28. The molecule has 0 spiro atoms. The van der Waals surface area contributed by atoms with Crippen molar-refractivity contribution >= 4 is 0 Å². The van der Waals surface area contributed by atoms with Gasteiger partial charge in [-0.25, -0.2) is 0 Å². The largest absolute Gasteiger partial charge is 0.393 e. The van der Waals surface area contributed by atoms with Crippen molar-refractivity contribution in [2.45, 2.75) is 38.3 Å². The van der Waals surface area contributed by atoms with E-state index in [1.165, 1.54) is 0 Å². The minimum Gasteiger partial charge on any atom is -0.393 e. The fraction of sp³-hybridized carbons (Fsp3) is 0.667. The predicted molar refractivity (Wildman–Crippen MR) is 45.9 cm³/mol. The molecule has 3 heteroatoms. The van der Waals surface area contributed by atoms with Crippen LogP contribution in [0.5, 0.6) is 0 Å². The highest BCUT2D eigenvalue weighted by Crippen LogP contribution is 2.29. The second-order valence-electron chi connectivity index (χ2n) is 3.56. The summed E-state index contributed by atoms with van der Waals surface area (Å²) in [6.45, 7) is 1.99. The van der Waals surface area contributed by atoms with Crippen LogP contribution in [-0.2, 0) is 0 Å². The van der Waals surface area contributed by atoms with E-state index >= 15 is 0 Å². The molecule has 2 rings (SSSR count). The van der Waals surface area contributed by atoms with Crippen LogP contribution in [0.25, 0.3) is 0 Å². The first kappa shape index (κ1) is 7.80. The van der Waals surface area contributed by atoms with E-state index in [0.717, 1.165) is 25.0 Å². The smallest absolute Gasteiger partial charge is 0.0593 e. The lowest BCUT2D eigenvalue weighted by Crippen LogP contribution is -2.07. The topological polar surface area (TPSA) is 38.0 Å². The lowest BCUT2D eigenvalue weighted by Gasteiger charge is -2.08. The quantitative estimate of drug-likeness (QED) is 0.682. The highest BCUT2D eigenvalue weighted by molar-refractivity contribution is 4.97. The van der Waals surface area contributed by atoms with Gasteiger partial charge in [-0.2, -0.15) is 5.10 Å². The number of rotatable bonds is 1. The van der Waals surface area contributed by atoms with Gasteiger partial charge in [0.2, 0.25) is 0 Å². The monoisotopic (exact) mass is 166 g/mol. The average molecular weight is 166 g/mol. The summed E-state index contributed by atoms with van der Waals surface area (Å²) >= 11 is 0. The van der Waals surface area contributed by atoms with E-state index in [0.29, 0.717) is 6.04 Å². The van der Waals surface area contributed by atoms with Crippen molar-refractivity contribution in [3.05, 3.63) is 18.0 Å². The Bertz CT molecular complexity index is 269. The Morgan fingerprint density at radius 2 is 2.42 bits per heavy atom. The van der Waals surface area contributed by atoms with Gasteiger partial charge < -0.3 is 5.11 Å². The van der Waals surface area contributed by atoms with Gasteiger partial charge in [0.25, 0.3) is 0 Å². The Morgan fingerprint density at radius 1 is 1.58 bits per heavy atom. The van der Waals surface area contributed by atoms with Crippen LogP contribution < -0.4 is 0 Å². The van der Waals surface area contributed by atoms with E-state index in [2.05, 4.69) is 5.10 Å². The van der Waals surface area contributed by atoms with Crippen LogP contribution in [0.3, 0.4) is 0 Å². The van der Waals surface area contributed by atoms with Gasteiger partial charge in [0.05, 0.1) is 17.8 Å². The summed E-state index contributed by atoms with van der Waals surface area (Å²) in [5, 5.41) is 13.7. The summed E-state index contributed by atoms with van der Waals surface area (Å²) in [6.07, 6.45) is 4.73. The summed E-state index contributed by atoms with van der Waals surface area (Å²) < 4.78 is 1.98. The molecule has 1 aromatic heterocycles. The van der Waals surface area contributed by atoms with Crippen LogP contribution in [0, 0.1) is 6.92 Å². The molecule has 12 heavy (non-hydrogen) atoms. The molecular weight excluding hydrogens is 152 g/mol. The summed E-state index contributed by atoms with van der Waals surface area (Å²) in [4.78, 5) is 0. The van der Waals surface area contributed by atoms with Crippen LogP contribution in [0.15, 0.2) is 12.3 Å². The SMILES string of the molecule is Cc1ccn(C2CCC(O)C2)n1. The molecule has 1 aromatic rings. The van der Waals surface area contributed by atoms with E-state index in [-0.39, 0.29) is 6.10 Å². The molecular formula is C9H14N2O. The van der Waals surface area contributed by atoms with Crippen molar-refractivity contribution in [3.8, 4) is 0 Å². The molecule has 1 fully saturated rings. The Balaban J connectivity index is 2.11. The van der Waals surface area contributed by atoms with Crippen LogP contribution in [0.2, 0.25) is 0 Å². The molecule has 3 nitrogen and oxygen atoms in total. The summed E-state index contributed by atoms with van der Waals surface area (Å²) in [7, 11) is 0. The molecule has 0 aromatic carbocycles. The van der Waals surface area contributed by atoms with Gasteiger partial charge in [0, 0.05) is 6.20 Å². The van der Waals surface area contributed by atoms with E-state index < -0.39 is 0 Å². The molecule has 1 aliphatic carbocycles. The zero-order valence-corrected chi connectivity index (χ0v) is 7.27. The fourth-order valence-electron chi connectivity index (χ4n) is 1.81. The molecule has 1 N–H and O–H groups in total. The molecule has 0 aliphatic heterocycles. The maximum Gasteiger partial charge on any atom is 0.0593 e. The number of nitrogens with zero attached hydrogens (tertiary/aromatic N) is 2. The van der Waals surface area contributed by atoms with Crippen LogP contribution in [0.4, 0.5) is 0 Å². The molecule has 1 aliphatic rings. The fourth-order valence-corrected chi connectivity index (χ4v) is 1.81. The number of aryl methyl sites for hydroxylation is 1. The summed E-state index contributed by atoms with van der Waals surface area (Å²) in [5.41, 5.74) is 1.05. The Labute approximate surface area is 72.0 Å². The van der Waals surface area contributed by atoms with Gasteiger partial charge in [-0.05, 0) is 32.3 Å². The van der Waals surface area contributed by atoms with Crippen molar-refractivity contribution < 1.29 is 5.11 Å². The third kappa shape index (κ3) is 1.37. The summed E-state index contributed by atoms with van der Waals surface area (Å²) in [5.74, 6) is 0. The number of hydrogen-bond donors (Lipinski definition) is 1. The van der Waals surface area contributed by atoms with Gasteiger partial charge >= 0.3 is 0 Å². The zero-order chi connectivity index (χ0) is 8.55. The van der Waals surface area contributed by atoms with E-state index in [1.807, 2.05) is 23.9 Å². The number of aliphatic hydroxyl groups excluding tert-OH is 1. The summed E-state index contributed by atoms with van der Waals surface area (Å²) in [6, 6.07) is 2.43. The molecule has 1 heterocycles. The molecule has 0 amide bonds. The normalized spacial score (nSPS) is 29.5. The third-order valence-corrected chi connectivity index (χ3v) is 2.49. The molecule has 0 radical (unpaired) electrons. The highest BCUT2D eigenvalue weighted by Gasteiger charge is 2.24. The first-order valence-corrected chi connectivity index (χ1v) is 4.45. The van der Waals surface area contributed by atoms with Gasteiger partial charge in [-0.15, -0.1) is 0 Å². The standard InChI is InChI=1S/C9H14N2O/c1-7-4-5-11(10-7)8-2-3-9(12)6-8/h4-5,8-9,12H,2-3,6H2,1H3. The second kappa shape index (κ2) is 2.90. The minimum absolute atomic E-state index is 0.112. The molecule has 2 unspecified atom stereocenters. The maximum atomic E-state index is 9.33. The van der Waals surface area contributed by atoms with E-state index in [9.17, 15) is 5.11 Å². The highest BCUT2D eigenvalue weighted by atomic mass is 16.3. The number of hydrogen-bond acceptors (Lipinski definition) is 2. The zero-order valence-electron chi connectivity index (χ0n) is 7.27. The second-order valence-corrected chi connectivity index (χ2v) is 3.56. The molecule has 0 bridgehead atoms. The van der Waals surface area contributed by atoms with Crippen LogP contribution in [0.1, 0.15) is 31.0 Å². The van der Waals surface area contributed by atoms with Crippen molar-refractivity contribution in [2.75, 3.05) is 0 Å². The van der Waals surface area contributed by atoms with E-state index in [4.69, 9.17) is 0 Å². The molecule has 1 saturated carbocycles. The molecule has 66 valence electrons. The number of aromatic nitrogens is 2. The van der Waals surface area contributed by atoms with Crippen molar-refractivity contribution in [3.63, 3.8) is 0 Å². The lowest BCUT2D eigenvalue weighted by atomic mass is 10.2. The van der Waals surface area contributed by atoms with E-state index in [1.54, 1.807) is 0 Å². The maximum absolute atomic E-state index is 9.33. The van der Waals surface area contributed by atoms with Crippen molar-refractivity contribution in [1.29, 1.82) is 0 Å². The minimum atomic E-state index is -0.112. The van der Waals surface area contributed by atoms with Crippen molar-refractivity contribution in [1.82, 2.24) is 9.78 Å². The number of aliphatic hydroxyl groups is 1. The van der Waals surface area contributed by atoms with Crippen LogP contribution >= 0.6 is 0 Å². The first-order chi connectivity index (χ1) is 5.75. The Kier molecular flexibility index (Phi) is 1.89. The first-order valence-electron chi connectivity index (χ1n) is 4.45. The van der Waals surface area contributed by atoms with Gasteiger partial charge in [-0.3, -0.25) is 4.68 Å².